The summed E-state index contributed by atoms with van der Waals surface area (Å²) in [7, 11) is 5.58. The molecule has 90 valence electrons. The second-order valence-corrected chi connectivity index (χ2v) is 3.84. The molecule has 1 unspecified atom stereocenters. The van der Waals surface area contributed by atoms with Gasteiger partial charge in [-0.3, -0.25) is 0 Å². The average molecular weight is 225 g/mol. The van der Waals surface area contributed by atoms with Crippen LogP contribution in [-0.4, -0.2) is 48.7 Å². The monoisotopic (exact) mass is 225 g/mol. The predicted octanol–water partition coefficient (Wildman–Crippen LogP) is 0.429. The van der Waals surface area contributed by atoms with E-state index in [1.165, 1.54) is 13.4 Å². The van der Waals surface area contributed by atoms with Gasteiger partial charge in [0.25, 0.3) is 0 Å². The Morgan fingerprint density at radius 2 is 2.19 bits per heavy atom. The maximum Gasteiger partial charge on any atom is 0.242 e. The van der Waals surface area contributed by atoms with Crippen molar-refractivity contribution in [2.45, 2.75) is 13.0 Å². The summed E-state index contributed by atoms with van der Waals surface area (Å²) in [6.07, 6.45) is 1.43. The molecular formula is C10H19N5O. The van der Waals surface area contributed by atoms with E-state index in [1.807, 2.05) is 14.1 Å². The fourth-order valence-corrected chi connectivity index (χ4v) is 1.11. The summed E-state index contributed by atoms with van der Waals surface area (Å²) in [5.41, 5.74) is 6.27. The lowest BCUT2D eigenvalue weighted by atomic mass is 10.3. The SMILES string of the molecule is COc1ncnc(NCC(C)N(C)C)c1N. The molecule has 0 bridgehead atoms. The van der Waals surface area contributed by atoms with Crippen LogP contribution in [0.4, 0.5) is 11.5 Å². The topological polar surface area (TPSA) is 76.3 Å². The number of nitrogen functional groups attached to an aromatic ring is 1. The fourth-order valence-electron chi connectivity index (χ4n) is 1.11. The van der Waals surface area contributed by atoms with Gasteiger partial charge in [-0.15, -0.1) is 0 Å². The molecule has 6 nitrogen and oxygen atoms in total. The molecule has 0 saturated carbocycles. The quantitative estimate of drug-likeness (QED) is 0.756. The number of ether oxygens (including phenoxy) is 1. The van der Waals surface area contributed by atoms with Crippen molar-refractivity contribution in [3.63, 3.8) is 0 Å². The Hall–Kier alpha value is -1.56. The first-order valence-electron chi connectivity index (χ1n) is 5.11. The summed E-state index contributed by atoms with van der Waals surface area (Å²) in [6, 6.07) is 0.389. The number of rotatable bonds is 5. The van der Waals surface area contributed by atoms with Crippen LogP contribution in [0.15, 0.2) is 6.33 Å². The molecule has 0 aliphatic rings. The molecule has 0 aliphatic heterocycles. The van der Waals surface area contributed by atoms with Gasteiger partial charge < -0.3 is 20.7 Å². The zero-order chi connectivity index (χ0) is 12.1. The van der Waals surface area contributed by atoms with Crippen LogP contribution in [-0.2, 0) is 0 Å². The van der Waals surface area contributed by atoms with Crippen LogP contribution < -0.4 is 15.8 Å². The molecule has 0 radical (unpaired) electrons. The standard InChI is InChI=1S/C10H19N5O/c1-7(15(2)3)5-12-9-8(11)10(16-4)14-6-13-9/h6-7H,5,11H2,1-4H3,(H,12,13,14). The first-order valence-corrected chi connectivity index (χ1v) is 5.11. The van der Waals surface area contributed by atoms with E-state index in [4.69, 9.17) is 10.5 Å². The van der Waals surface area contributed by atoms with Gasteiger partial charge >= 0.3 is 0 Å². The Kier molecular flexibility index (Phi) is 4.30. The normalized spacial score (nSPS) is 12.6. The van der Waals surface area contributed by atoms with Gasteiger partial charge in [0.05, 0.1) is 7.11 Å². The van der Waals surface area contributed by atoms with Gasteiger partial charge in [0.1, 0.15) is 12.0 Å². The van der Waals surface area contributed by atoms with Crippen LogP contribution in [0.5, 0.6) is 5.88 Å². The van der Waals surface area contributed by atoms with Gasteiger partial charge in [-0.25, -0.2) is 4.98 Å². The minimum Gasteiger partial charge on any atom is -0.479 e. The molecule has 0 aliphatic carbocycles. The molecule has 1 aromatic heterocycles. The van der Waals surface area contributed by atoms with Crippen molar-refractivity contribution in [1.29, 1.82) is 0 Å². The highest BCUT2D eigenvalue weighted by Crippen LogP contribution is 2.23. The summed E-state index contributed by atoms with van der Waals surface area (Å²) in [5, 5.41) is 3.17. The van der Waals surface area contributed by atoms with E-state index in [9.17, 15) is 0 Å². The first-order chi connectivity index (χ1) is 7.56. The zero-order valence-corrected chi connectivity index (χ0v) is 10.2. The Labute approximate surface area is 95.8 Å². The molecule has 0 fully saturated rings. The van der Waals surface area contributed by atoms with Crippen molar-refractivity contribution >= 4 is 11.5 Å². The Balaban J connectivity index is 2.67. The lowest BCUT2D eigenvalue weighted by molar-refractivity contribution is 0.326. The number of nitrogens with one attached hydrogen (secondary N) is 1. The van der Waals surface area contributed by atoms with Crippen molar-refractivity contribution in [1.82, 2.24) is 14.9 Å². The van der Waals surface area contributed by atoms with Crippen LogP contribution in [0.1, 0.15) is 6.92 Å². The summed E-state index contributed by atoms with van der Waals surface area (Å²) in [5.74, 6) is 1.01. The van der Waals surface area contributed by atoms with Gasteiger partial charge in [0.15, 0.2) is 5.82 Å². The molecule has 6 heteroatoms. The molecule has 16 heavy (non-hydrogen) atoms. The van der Waals surface area contributed by atoms with E-state index < -0.39 is 0 Å². The number of likely N-dealkylation sites (N-methyl/N-ethyl adjacent to an activating group) is 1. The number of methoxy groups -OCH3 is 1. The predicted molar refractivity (Wildman–Crippen MR) is 64.6 cm³/mol. The number of aromatic nitrogens is 2. The molecule has 0 amide bonds. The van der Waals surface area contributed by atoms with E-state index in [0.717, 1.165) is 6.54 Å². The second kappa shape index (κ2) is 5.50. The van der Waals surface area contributed by atoms with Crippen LogP contribution in [0.25, 0.3) is 0 Å². The van der Waals surface area contributed by atoms with E-state index in [-0.39, 0.29) is 0 Å². The molecule has 3 N–H and O–H groups in total. The molecule has 0 spiro atoms. The van der Waals surface area contributed by atoms with Crippen molar-refractivity contribution < 1.29 is 4.74 Å². The third-order valence-corrected chi connectivity index (χ3v) is 2.49. The second-order valence-electron chi connectivity index (χ2n) is 3.84. The summed E-state index contributed by atoms with van der Waals surface area (Å²) < 4.78 is 5.01. The van der Waals surface area contributed by atoms with Gasteiger partial charge in [-0.05, 0) is 21.0 Å². The first kappa shape index (κ1) is 12.5. The highest BCUT2D eigenvalue weighted by Gasteiger charge is 2.09. The molecule has 1 rings (SSSR count). The highest BCUT2D eigenvalue weighted by molar-refractivity contribution is 5.66. The van der Waals surface area contributed by atoms with E-state index >= 15 is 0 Å². The largest absolute Gasteiger partial charge is 0.479 e. The summed E-state index contributed by atoms with van der Waals surface area (Å²) >= 11 is 0. The molecule has 1 heterocycles. The van der Waals surface area contributed by atoms with E-state index in [2.05, 4.69) is 27.1 Å². The minimum absolute atomic E-state index is 0.389. The minimum atomic E-state index is 0.389. The number of hydrogen-bond acceptors (Lipinski definition) is 6. The van der Waals surface area contributed by atoms with Gasteiger partial charge in [-0.2, -0.15) is 4.98 Å². The average Bonchev–Trinajstić information content (AvgIpc) is 2.27. The Morgan fingerprint density at radius 1 is 1.50 bits per heavy atom. The van der Waals surface area contributed by atoms with Gasteiger partial charge in [0.2, 0.25) is 5.88 Å². The lowest BCUT2D eigenvalue weighted by Crippen LogP contribution is -2.31. The van der Waals surface area contributed by atoms with Crippen molar-refractivity contribution in [3.8, 4) is 5.88 Å². The van der Waals surface area contributed by atoms with Crippen molar-refractivity contribution in [3.05, 3.63) is 6.33 Å². The maximum atomic E-state index is 5.83. The van der Waals surface area contributed by atoms with E-state index in [0.29, 0.717) is 23.4 Å². The summed E-state index contributed by atoms with van der Waals surface area (Å²) in [6.45, 7) is 2.87. The number of nitrogens with two attached hydrogens (primary N) is 1. The van der Waals surface area contributed by atoms with Crippen molar-refractivity contribution in [2.75, 3.05) is 38.8 Å². The number of nitrogens with zero attached hydrogens (tertiary/aromatic N) is 3. The number of hydrogen-bond donors (Lipinski definition) is 2. The van der Waals surface area contributed by atoms with Crippen molar-refractivity contribution in [2.24, 2.45) is 0 Å². The third kappa shape index (κ3) is 2.96. The smallest absolute Gasteiger partial charge is 0.242 e. The molecular weight excluding hydrogens is 206 g/mol. The van der Waals surface area contributed by atoms with Crippen LogP contribution in [0, 0.1) is 0 Å². The molecule has 1 aromatic rings. The van der Waals surface area contributed by atoms with Gasteiger partial charge in [-0.1, -0.05) is 0 Å². The Bertz CT molecular complexity index is 342. The van der Waals surface area contributed by atoms with E-state index in [1.54, 1.807) is 0 Å². The Morgan fingerprint density at radius 3 is 2.75 bits per heavy atom. The maximum absolute atomic E-state index is 5.83. The molecule has 0 aromatic carbocycles. The molecule has 0 saturated heterocycles. The summed E-state index contributed by atoms with van der Waals surface area (Å²) in [4.78, 5) is 10.1. The third-order valence-electron chi connectivity index (χ3n) is 2.49. The van der Waals surface area contributed by atoms with Crippen LogP contribution >= 0.6 is 0 Å². The van der Waals surface area contributed by atoms with Crippen LogP contribution in [0.3, 0.4) is 0 Å². The highest BCUT2D eigenvalue weighted by atomic mass is 16.5. The number of anilines is 2. The zero-order valence-electron chi connectivity index (χ0n) is 10.2. The fraction of sp³-hybridized carbons (Fsp3) is 0.600. The lowest BCUT2D eigenvalue weighted by Gasteiger charge is -2.20. The molecule has 1 atom stereocenters. The van der Waals surface area contributed by atoms with Crippen LogP contribution in [0.2, 0.25) is 0 Å². The van der Waals surface area contributed by atoms with Gasteiger partial charge in [0, 0.05) is 12.6 Å².